The topological polar surface area (TPSA) is 119 Å². The number of alkyl halides is 2. The Kier molecular flexibility index (Phi) is 3.51. The summed E-state index contributed by atoms with van der Waals surface area (Å²) in [6.07, 6.45) is -3.24. The van der Waals surface area contributed by atoms with Crippen molar-refractivity contribution in [1.29, 1.82) is 0 Å². The van der Waals surface area contributed by atoms with E-state index in [0.29, 0.717) is 6.20 Å². The standard InChI is InChI=1S/C8H7F2N3O4/c9-8(10)6-3(1-5(14)15)12-2-4(7(6)11)13(16)17/h2,8H,1H2,(H2,11,12)(H,14,15). The van der Waals surface area contributed by atoms with Crippen molar-refractivity contribution in [3.63, 3.8) is 0 Å². The maximum Gasteiger partial charge on any atom is 0.310 e. The second-order valence-electron chi connectivity index (χ2n) is 3.05. The molecule has 0 bridgehead atoms. The van der Waals surface area contributed by atoms with Gasteiger partial charge in [-0.25, -0.2) is 8.78 Å². The number of carboxylic acids is 1. The van der Waals surface area contributed by atoms with E-state index < -0.39 is 46.4 Å². The number of pyridine rings is 1. The highest BCUT2D eigenvalue weighted by Crippen LogP contribution is 2.33. The summed E-state index contributed by atoms with van der Waals surface area (Å²) in [6, 6.07) is 0. The Morgan fingerprint density at radius 3 is 2.65 bits per heavy atom. The molecule has 1 heterocycles. The number of rotatable bonds is 4. The Bertz CT molecular complexity index is 478. The zero-order valence-electron chi connectivity index (χ0n) is 8.26. The maximum absolute atomic E-state index is 12.6. The number of aliphatic carboxylic acids is 1. The summed E-state index contributed by atoms with van der Waals surface area (Å²) < 4.78 is 25.3. The Labute approximate surface area is 93.0 Å². The summed E-state index contributed by atoms with van der Waals surface area (Å²) in [5, 5.41) is 18.9. The van der Waals surface area contributed by atoms with E-state index in [-0.39, 0.29) is 0 Å². The number of hydrogen-bond acceptors (Lipinski definition) is 5. The molecule has 0 saturated carbocycles. The Balaban J connectivity index is 3.39. The fourth-order valence-electron chi connectivity index (χ4n) is 1.24. The molecule has 0 amide bonds. The zero-order valence-corrected chi connectivity index (χ0v) is 8.26. The highest BCUT2D eigenvalue weighted by atomic mass is 19.3. The van der Waals surface area contributed by atoms with E-state index in [2.05, 4.69) is 4.98 Å². The van der Waals surface area contributed by atoms with Crippen molar-refractivity contribution >= 4 is 17.3 Å². The van der Waals surface area contributed by atoms with Gasteiger partial charge in [0.15, 0.2) is 0 Å². The van der Waals surface area contributed by atoms with Gasteiger partial charge in [0.2, 0.25) is 0 Å². The lowest BCUT2D eigenvalue weighted by Gasteiger charge is -2.09. The molecule has 0 aliphatic carbocycles. The van der Waals surface area contributed by atoms with E-state index in [1.807, 2.05) is 0 Å². The monoisotopic (exact) mass is 247 g/mol. The lowest BCUT2D eigenvalue weighted by molar-refractivity contribution is -0.384. The van der Waals surface area contributed by atoms with Gasteiger partial charge in [-0.3, -0.25) is 19.9 Å². The van der Waals surface area contributed by atoms with Crippen LogP contribution in [0.4, 0.5) is 20.2 Å². The van der Waals surface area contributed by atoms with Crippen molar-refractivity contribution in [2.24, 2.45) is 0 Å². The molecule has 7 nitrogen and oxygen atoms in total. The van der Waals surface area contributed by atoms with Crippen LogP contribution in [0.1, 0.15) is 17.7 Å². The first kappa shape index (κ1) is 12.7. The van der Waals surface area contributed by atoms with Crippen molar-refractivity contribution in [3.05, 3.63) is 27.6 Å². The molecule has 0 saturated heterocycles. The molecule has 0 fully saturated rings. The second-order valence-corrected chi connectivity index (χ2v) is 3.05. The summed E-state index contributed by atoms with van der Waals surface area (Å²) in [4.78, 5) is 23.2. The third-order valence-corrected chi connectivity index (χ3v) is 1.95. The van der Waals surface area contributed by atoms with E-state index in [9.17, 15) is 23.7 Å². The normalized spacial score (nSPS) is 10.5. The highest BCUT2D eigenvalue weighted by Gasteiger charge is 2.26. The second kappa shape index (κ2) is 4.68. The lowest BCUT2D eigenvalue weighted by atomic mass is 10.1. The average Bonchev–Trinajstić information content (AvgIpc) is 2.15. The first-order chi connectivity index (χ1) is 7.84. The molecule has 0 aliphatic heterocycles. The van der Waals surface area contributed by atoms with Crippen molar-refractivity contribution in [2.75, 3.05) is 5.73 Å². The average molecular weight is 247 g/mol. The minimum Gasteiger partial charge on any atom is -0.481 e. The number of halogens is 2. The smallest absolute Gasteiger partial charge is 0.310 e. The van der Waals surface area contributed by atoms with Gasteiger partial charge < -0.3 is 10.8 Å². The highest BCUT2D eigenvalue weighted by molar-refractivity contribution is 5.73. The molecule has 1 aromatic heterocycles. The van der Waals surface area contributed by atoms with Crippen LogP contribution in [0.15, 0.2) is 6.20 Å². The molecule has 0 aliphatic rings. The van der Waals surface area contributed by atoms with Gasteiger partial charge >= 0.3 is 11.7 Å². The molecule has 0 unspecified atom stereocenters. The van der Waals surface area contributed by atoms with Crippen LogP contribution in [0.25, 0.3) is 0 Å². The molecular formula is C8H7F2N3O4. The minimum atomic E-state index is -3.13. The molecule has 1 rings (SSSR count). The number of carbonyl (C=O) groups is 1. The molecule has 0 radical (unpaired) electrons. The van der Waals surface area contributed by atoms with Gasteiger partial charge in [-0.15, -0.1) is 0 Å². The number of nitro groups is 1. The van der Waals surface area contributed by atoms with Crippen molar-refractivity contribution < 1.29 is 23.6 Å². The fourth-order valence-corrected chi connectivity index (χ4v) is 1.24. The van der Waals surface area contributed by atoms with Crippen molar-refractivity contribution in [2.45, 2.75) is 12.8 Å². The SMILES string of the molecule is Nc1c([N+](=O)[O-])cnc(CC(=O)O)c1C(F)F. The molecule has 3 N–H and O–H groups in total. The van der Waals surface area contributed by atoms with E-state index in [4.69, 9.17) is 10.8 Å². The van der Waals surface area contributed by atoms with Crippen LogP contribution < -0.4 is 5.73 Å². The van der Waals surface area contributed by atoms with Crippen LogP contribution in [0.5, 0.6) is 0 Å². The Hall–Kier alpha value is -2.32. The third-order valence-electron chi connectivity index (χ3n) is 1.95. The van der Waals surface area contributed by atoms with Crippen molar-refractivity contribution in [1.82, 2.24) is 4.98 Å². The van der Waals surface area contributed by atoms with Gasteiger partial charge in [0, 0.05) is 0 Å². The van der Waals surface area contributed by atoms with Crippen LogP contribution >= 0.6 is 0 Å². The molecule has 0 aromatic carbocycles. The number of carboxylic acid groups (broad SMARTS) is 1. The van der Waals surface area contributed by atoms with Gasteiger partial charge in [-0.2, -0.15) is 0 Å². The van der Waals surface area contributed by atoms with Crippen molar-refractivity contribution in [3.8, 4) is 0 Å². The Morgan fingerprint density at radius 2 is 2.24 bits per heavy atom. The molecule has 1 aromatic rings. The quantitative estimate of drug-likeness (QED) is 0.608. The number of anilines is 1. The van der Waals surface area contributed by atoms with Gasteiger partial charge in [-0.1, -0.05) is 0 Å². The first-order valence-corrected chi connectivity index (χ1v) is 4.26. The molecule has 0 spiro atoms. The van der Waals surface area contributed by atoms with Crippen LogP contribution in [-0.2, 0) is 11.2 Å². The summed E-state index contributed by atoms with van der Waals surface area (Å²) >= 11 is 0. The largest absolute Gasteiger partial charge is 0.481 e. The summed E-state index contributed by atoms with van der Waals surface area (Å²) in [5.41, 5.74) is 2.31. The van der Waals surface area contributed by atoms with Gasteiger partial charge in [0.1, 0.15) is 11.9 Å². The number of nitrogen functional groups attached to an aromatic ring is 1. The minimum absolute atomic E-state index is 0.476. The number of nitrogens with two attached hydrogens (primary N) is 1. The van der Waals surface area contributed by atoms with E-state index >= 15 is 0 Å². The predicted molar refractivity (Wildman–Crippen MR) is 51.6 cm³/mol. The lowest BCUT2D eigenvalue weighted by Crippen LogP contribution is -2.11. The molecule has 0 atom stereocenters. The summed E-state index contributed by atoms with van der Waals surface area (Å²) in [5.74, 6) is -1.38. The Morgan fingerprint density at radius 1 is 1.65 bits per heavy atom. The number of hydrogen-bond donors (Lipinski definition) is 2. The third kappa shape index (κ3) is 2.62. The van der Waals surface area contributed by atoms with Crippen LogP contribution in [0, 0.1) is 10.1 Å². The van der Waals surface area contributed by atoms with Crippen LogP contribution in [-0.4, -0.2) is 21.0 Å². The van der Waals surface area contributed by atoms with E-state index in [0.717, 1.165) is 0 Å². The van der Waals surface area contributed by atoms with Gasteiger partial charge in [0.25, 0.3) is 6.43 Å². The number of nitrogens with zero attached hydrogens (tertiary/aromatic N) is 2. The van der Waals surface area contributed by atoms with Gasteiger partial charge in [-0.05, 0) is 0 Å². The predicted octanol–water partition coefficient (Wildman–Crippen LogP) is 1.14. The van der Waals surface area contributed by atoms with Gasteiger partial charge in [0.05, 0.1) is 22.6 Å². The maximum atomic E-state index is 12.6. The fraction of sp³-hybridized carbons (Fsp3) is 0.250. The van der Waals surface area contributed by atoms with E-state index in [1.54, 1.807) is 0 Å². The number of aromatic nitrogens is 1. The molecule has 17 heavy (non-hydrogen) atoms. The van der Waals surface area contributed by atoms with Crippen LogP contribution in [0.3, 0.4) is 0 Å². The molecular weight excluding hydrogens is 240 g/mol. The summed E-state index contributed by atoms with van der Waals surface area (Å²) in [7, 11) is 0. The summed E-state index contributed by atoms with van der Waals surface area (Å²) in [6.45, 7) is 0. The van der Waals surface area contributed by atoms with Crippen LogP contribution in [0.2, 0.25) is 0 Å². The van der Waals surface area contributed by atoms with E-state index in [1.165, 1.54) is 0 Å². The zero-order chi connectivity index (χ0) is 13.2. The molecule has 9 heteroatoms. The first-order valence-electron chi connectivity index (χ1n) is 4.26. The molecule has 92 valence electrons.